The Bertz CT molecular complexity index is 897. The van der Waals surface area contributed by atoms with Gasteiger partial charge in [-0.1, -0.05) is 19.1 Å². The van der Waals surface area contributed by atoms with E-state index in [1.54, 1.807) is 30.0 Å². The van der Waals surface area contributed by atoms with Crippen LogP contribution in [0.1, 0.15) is 29.4 Å². The van der Waals surface area contributed by atoms with Crippen molar-refractivity contribution in [3.63, 3.8) is 0 Å². The van der Waals surface area contributed by atoms with Crippen LogP contribution in [0.4, 0.5) is 0 Å². The highest BCUT2D eigenvalue weighted by Gasteiger charge is 2.24. The summed E-state index contributed by atoms with van der Waals surface area (Å²) in [6.07, 6.45) is 0.234. The van der Waals surface area contributed by atoms with Crippen LogP contribution < -0.4 is 10.9 Å². The Balaban J connectivity index is 2.31. The zero-order valence-electron chi connectivity index (χ0n) is 15.0. The lowest BCUT2D eigenvalue weighted by Crippen LogP contribution is -2.42. The highest BCUT2D eigenvalue weighted by molar-refractivity contribution is 7.99. The third-order valence-corrected chi connectivity index (χ3v) is 4.66. The van der Waals surface area contributed by atoms with E-state index in [0.29, 0.717) is 11.4 Å². The van der Waals surface area contributed by atoms with Gasteiger partial charge in [0, 0.05) is 6.07 Å². The number of amides is 1. The van der Waals surface area contributed by atoms with Crippen molar-refractivity contribution in [2.75, 3.05) is 11.5 Å². The lowest BCUT2D eigenvalue weighted by atomic mass is 10.2. The maximum absolute atomic E-state index is 12.5. The molecular formula is C18H21N3O5S. The number of nitrogens with one attached hydrogen (secondary N) is 1. The van der Waals surface area contributed by atoms with Crippen LogP contribution >= 0.6 is 11.8 Å². The van der Waals surface area contributed by atoms with Crippen molar-refractivity contribution in [2.45, 2.75) is 26.3 Å². The number of hydrogen-bond donors (Lipinski definition) is 3. The summed E-state index contributed by atoms with van der Waals surface area (Å²) < 4.78 is 0.990. The fraction of sp³-hybridized carbons (Fsp3) is 0.333. The normalized spacial score (nSPS) is 11.8. The highest BCUT2D eigenvalue weighted by atomic mass is 32.2. The van der Waals surface area contributed by atoms with Crippen LogP contribution in [0, 0.1) is 6.92 Å². The third kappa shape index (κ3) is 5.33. The molecule has 1 aromatic carbocycles. The van der Waals surface area contributed by atoms with Crippen LogP contribution in [-0.2, 0) is 4.79 Å². The molecule has 0 spiro atoms. The molecule has 144 valence electrons. The van der Waals surface area contributed by atoms with Crippen molar-refractivity contribution in [3.05, 3.63) is 51.9 Å². The monoisotopic (exact) mass is 391 g/mol. The Labute approximate surface area is 160 Å². The maximum atomic E-state index is 12.5. The van der Waals surface area contributed by atoms with Crippen molar-refractivity contribution < 1.29 is 19.8 Å². The molecule has 0 radical (unpaired) electrons. The Kier molecular flexibility index (Phi) is 7.00. The van der Waals surface area contributed by atoms with Crippen molar-refractivity contribution in [2.24, 2.45) is 0 Å². The van der Waals surface area contributed by atoms with Crippen molar-refractivity contribution in [1.29, 1.82) is 0 Å². The Morgan fingerprint density at radius 3 is 2.70 bits per heavy atom. The lowest BCUT2D eigenvalue weighted by Gasteiger charge is -2.15. The highest BCUT2D eigenvalue weighted by Crippen LogP contribution is 2.14. The van der Waals surface area contributed by atoms with Crippen LogP contribution in [0.15, 0.2) is 35.1 Å². The van der Waals surface area contributed by atoms with Gasteiger partial charge in [0.2, 0.25) is 0 Å². The second-order valence-electron chi connectivity index (χ2n) is 5.82. The first kappa shape index (κ1) is 20.5. The predicted molar refractivity (Wildman–Crippen MR) is 103 cm³/mol. The van der Waals surface area contributed by atoms with Crippen LogP contribution in [-0.4, -0.2) is 49.4 Å². The van der Waals surface area contributed by atoms with Gasteiger partial charge in [0.05, 0.1) is 5.69 Å². The van der Waals surface area contributed by atoms with E-state index >= 15 is 0 Å². The van der Waals surface area contributed by atoms with Crippen LogP contribution in [0.3, 0.4) is 0 Å². The van der Waals surface area contributed by atoms with Crippen molar-refractivity contribution in [1.82, 2.24) is 15.1 Å². The molecule has 0 fully saturated rings. The van der Waals surface area contributed by atoms with E-state index < -0.39 is 34.9 Å². The zero-order valence-corrected chi connectivity index (χ0v) is 15.8. The fourth-order valence-corrected chi connectivity index (χ4v) is 3.07. The molecule has 27 heavy (non-hydrogen) atoms. The summed E-state index contributed by atoms with van der Waals surface area (Å²) in [5.41, 5.74) is 0.303. The smallest absolute Gasteiger partial charge is 0.326 e. The van der Waals surface area contributed by atoms with Gasteiger partial charge in [0.1, 0.15) is 6.04 Å². The van der Waals surface area contributed by atoms with Gasteiger partial charge in [-0.25, -0.2) is 4.79 Å². The number of aromatic hydroxyl groups is 1. The van der Waals surface area contributed by atoms with E-state index in [1.807, 2.05) is 19.9 Å². The standard InChI is InChI=1S/C18H21N3O5S/c1-3-27-8-7-13(18(25)26)19-17(24)16-14(22)10-15(23)21(20-16)12-6-4-5-11(2)9-12/h4-6,9-10,13,22H,3,7-8H2,1-2H3,(H,19,24)(H,25,26). The second kappa shape index (κ2) is 9.22. The van der Waals surface area contributed by atoms with Crippen LogP contribution in [0.2, 0.25) is 0 Å². The summed E-state index contributed by atoms with van der Waals surface area (Å²) in [7, 11) is 0. The predicted octanol–water partition coefficient (Wildman–Crippen LogP) is 1.57. The molecule has 8 nitrogen and oxygen atoms in total. The van der Waals surface area contributed by atoms with Crippen molar-refractivity contribution >= 4 is 23.6 Å². The Morgan fingerprint density at radius 2 is 2.07 bits per heavy atom. The van der Waals surface area contributed by atoms with Crippen LogP contribution in [0.25, 0.3) is 5.69 Å². The van der Waals surface area contributed by atoms with Crippen molar-refractivity contribution in [3.8, 4) is 11.4 Å². The van der Waals surface area contributed by atoms with Gasteiger partial charge in [-0.2, -0.15) is 21.5 Å². The maximum Gasteiger partial charge on any atom is 0.326 e. The lowest BCUT2D eigenvalue weighted by molar-refractivity contribution is -0.139. The molecule has 2 aromatic rings. The number of benzene rings is 1. The molecule has 1 atom stereocenters. The molecule has 0 aliphatic rings. The first-order valence-electron chi connectivity index (χ1n) is 8.35. The van der Waals surface area contributed by atoms with E-state index in [2.05, 4.69) is 10.4 Å². The van der Waals surface area contributed by atoms with E-state index in [4.69, 9.17) is 0 Å². The number of thioether (sulfide) groups is 1. The van der Waals surface area contributed by atoms with Crippen LogP contribution in [0.5, 0.6) is 5.75 Å². The number of rotatable bonds is 8. The quantitative estimate of drug-likeness (QED) is 0.584. The van der Waals surface area contributed by atoms with Gasteiger partial charge in [-0.05, 0) is 42.5 Å². The van der Waals surface area contributed by atoms with Gasteiger partial charge in [0.25, 0.3) is 11.5 Å². The molecule has 2 rings (SSSR count). The number of hydrogen-bond acceptors (Lipinski definition) is 6. The molecule has 3 N–H and O–H groups in total. The SMILES string of the molecule is CCSCCC(NC(=O)c1nn(-c2cccc(C)c2)c(=O)cc1O)C(=O)O. The Morgan fingerprint density at radius 1 is 1.33 bits per heavy atom. The van der Waals surface area contributed by atoms with E-state index in [-0.39, 0.29) is 6.42 Å². The topological polar surface area (TPSA) is 122 Å². The molecule has 1 amide bonds. The number of carbonyl (C=O) groups excluding carboxylic acids is 1. The molecule has 1 unspecified atom stereocenters. The average molecular weight is 391 g/mol. The number of nitrogens with zero attached hydrogens (tertiary/aromatic N) is 2. The average Bonchev–Trinajstić information content (AvgIpc) is 2.60. The van der Waals surface area contributed by atoms with E-state index in [9.17, 15) is 24.6 Å². The van der Waals surface area contributed by atoms with E-state index in [1.165, 1.54) is 0 Å². The van der Waals surface area contributed by atoms with E-state index in [0.717, 1.165) is 22.1 Å². The molecular weight excluding hydrogens is 370 g/mol. The molecule has 1 heterocycles. The number of aliphatic carboxylic acids is 1. The minimum atomic E-state index is -1.17. The summed E-state index contributed by atoms with van der Waals surface area (Å²) in [6, 6.07) is 6.69. The first-order valence-corrected chi connectivity index (χ1v) is 9.50. The number of aryl methyl sites for hydroxylation is 1. The Hall–Kier alpha value is -2.81. The molecule has 0 aliphatic carbocycles. The molecule has 1 aromatic heterocycles. The minimum absolute atomic E-state index is 0.234. The summed E-state index contributed by atoms with van der Waals surface area (Å²) in [4.78, 5) is 36.0. The summed E-state index contributed by atoms with van der Waals surface area (Å²) in [5.74, 6) is -1.23. The second-order valence-corrected chi connectivity index (χ2v) is 7.21. The largest absolute Gasteiger partial charge is 0.505 e. The molecule has 0 saturated carbocycles. The van der Waals surface area contributed by atoms with Gasteiger partial charge < -0.3 is 15.5 Å². The number of aromatic nitrogens is 2. The van der Waals surface area contributed by atoms with Gasteiger partial charge in [-0.15, -0.1) is 0 Å². The minimum Gasteiger partial charge on any atom is -0.505 e. The summed E-state index contributed by atoms with van der Waals surface area (Å²) in [5, 5.41) is 25.5. The summed E-state index contributed by atoms with van der Waals surface area (Å²) >= 11 is 1.56. The summed E-state index contributed by atoms with van der Waals surface area (Å²) in [6.45, 7) is 3.80. The van der Waals surface area contributed by atoms with Gasteiger partial charge in [0.15, 0.2) is 11.4 Å². The van der Waals surface area contributed by atoms with Gasteiger partial charge >= 0.3 is 5.97 Å². The number of carbonyl (C=O) groups is 2. The molecule has 0 saturated heterocycles. The number of carboxylic acid groups (broad SMARTS) is 1. The number of carboxylic acids is 1. The first-order chi connectivity index (χ1) is 12.8. The zero-order chi connectivity index (χ0) is 20.0. The molecule has 0 bridgehead atoms. The fourth-order valence-electron chi connectivity index (χ4n) is 2.38. The molecule has 0 aliphatic heterocycles. The molecule has 9 heteroatoms. The third-order valence-electron chi connectivity index (χ3n) is 3.73. The van der Waals surface area contributed by atoms with Gasteiger partial charge in [-0.3, -0.25) is 9.59 Å².